The molecule has 0 saturated heterocycles. The van der Waals surface area contributed by atoms with E-state index in [1.807, 2.05) is 6.92 Å². The van der Waals surface area contributed by atoms with Gasteiger partial charge in [0.05, 0.1) is 23.5 Å². The quantitative estimate of drug-likeness (QED) is 0.690. The summed E-state index contributed by atoms with van der Waals surface area (Å²) in [6.07, 6.45) is 2.14. The van der Waals surface area contributed by atoms with Gasteiger partial charge in [-0.05, 0) is 42.9 Å². The molecule has 3 rings (SSSR count). The van der Waals surface area contributed by atoms with Crippen molar-refractivity contribution in [2.24, 2.45) is 28.1 Å². The summed E-state index contributed by atoms with van der Waals surface area (Å²) in [5.41, 5.74) is -1.59. The molecule has 0 aliphatic heterocycles. The summed E-state index contributed by atoms with van der Waals surface area (Å²) in [5, 5.41) is 29.7. The number of hydrogen-bond donors (Lipinski definition) is 3. The molecule has 0 aromatic heterocycles. The van der Waals surface area contributed by atoms with E-state index in [0.29, 0.717) is 18.8 Å². The van der Waals surface area contributed by atoms with Crippen molar-refractivity contribution < 1.29 is 20.1 Å². The molecule has 3 fully saturated rings. The highest BCUT2D eigenvalue weighted by atomic mass is 16.3. The SMILES string of the molecule is C[C@@]1(CO)C[C@H]2C[C@@]3(C)C(=O)[C@](CO)(C[C@@H]3O)[C@H]2C1. The molecule has 0 aromatic carbocycles. The van der Waals surface area contributed by atoms with Crippen LogP contribution in [-0.2, 0) is 4.79 Å². The number of fused-ring (bicyclic) bond motifs is 4. The summed E-state index contributed by atoms with van der Waals surface area (Å²) in [5.74, 6) is 0.509. The van der Waals surface area contributed by atoms with Gasteiger partial charge in [0, 0.05) is 6.61 Å². The van der Waals surface area contributed by atoms with Crippen LogP contribution in [0.1, 0.15) is 39.5 Å². The number of aliphatic hydroxyl groups is 3. The molecule has 0 spiro atoms. The molecule has 4 nitrogen and oxygen atoms in total. The second-order valence-corrected chi connectivity index (χ2v) is 7.73. The summed E-state index contributed by atoms with van der Waals surface area (Å²) >= 11 is 0. The molecule has 3 aliphatic carbocycles. The zero-order chi connectivity index (χ0) is 14.1. The van der Waals surface area contributed by atoms with Crippen LogP contribution in [0.4, 0.5) is 0 Å². The van der Waals surface area contributed by atoms with E-state index in [0.717, 1.165) is 12.8 Å². The lowest BCUT2D eigenvalue weighted by Crippen LogP contribution is -2.50. The van der Waals surface area contributed by atoms with E-state index in [4.69, 9.17) is 0 Å². The normalized spacial score (nSPS) is 56.5. The monoisotopic (exact) mass is 268 g/mol. The Hall–Kier alpha value is -0.450. The Morgan fingerprint density at radius 3 is 2.37 bits per heavy atom. The summed E-state index contributed by atoms with van der Waals surface area (Å²) in [7, 11) is 0. The molecule has 2 bridgehead atoms. The first-order valence-electron chi connectivity index (χ1n) is 7.26. The predicted molar refractivity (Wildman–Crippen MR) is 69.3 cm³/mol. The number of ketones is 1. The number of aliphatic hydroxyl groups excluding tert-OH is 3. The van der Waals surface area contributed by atoms with Crippen molar-refractivity contribution in [1.82, 2.24) is 0 Å². The fourth-order valence-electron chi connectivity index (χ4n) is 5.28. The van der Waals surface area contributed by atoms with Crippen LogP contribution < -0.4 is 0 Å². The minimum Gasteiger partial charge on any atom is -0.396 e. The molecule has 0 heterocycles. The number of hydrogen-bond acceptors (Lipinski definition) is 4. The van der Waals surface area contributed by atoms with Crippen LogP contribution in [0.25, 0.3) is 0 Å². The lowest BCUT2D eigenvalue weighted by molar-refractivity contribution is -0.147. The van der Waals surface area contributed by atoms with Crippen LogP contribution in [0.5, 0.6) is 0 Å². The zero-order valence-electron chi connectivity index (χ0n) is 11.7. The van der Waals surface area contributed by atoms with E-state index < -0.39 is 16.9 Å². The molecular weight excluding hydrogens is 244 g/mol. The molecular formula is C15H24O4. The fraction of sp³-hybridized carbons (Fsp3) is 0.933. The minimum atomic E-state index is -0.760. The topological polar surface area (TPSA) is 77.8 Å². The first kappa shape index (κ1) is 13.5. The van der Waals surface area contributed by atoms with Gasteiger partial charge in [0.15, 0.2) is 0 Å². The largest absolute Gasteiger partial charge is 0.396 e. The maximum absolute atomic E-state index is 12.7. The van der Waals surface area contributed by atoms with Crippen LogP contribution >= 0.6 is 0 Å². The standard InChI is InChI=1S/C15H24O4/c1-13(7-16)3-9-4-14(2)11(18)6-15(8-17,12(14)19)10(9)5-13/h9-11,16-18H,3-8H2,1-2H3/t9-,10-,11-,13+,14+,15-/m0/s1. The van der Waals surface area contributed by atoms with Crippen LogP contribution in [-0.4, -0.2) is 40.4 Å². The molecule has 0 radical (unpaired) electrons. The maximum atomic E-state index is 12.7. The van der Waals surface area contributed by atoms with Gasteiger partial charge < -0.3 is 15.3 Å². The molecule has 3 aliphatic rings. The number of carbonyl (C=O) groups is 1. The van der Waals surface area contributed by atoms with E-state index >= 15 is 0 Å². The maximum Gasteiger partial charge on any atom is 0.150 e. The van der Waals surface area contributed by atoms with Gasteiger partial charge in [0.2, 0.25) is 0 Å². The van der Waals surface area contributed by atoms with Gasteiger partial charge in [-0.25, -0.2) is 0 Å². The third-order valence-corrected chi connectivity index (χ3v) is 6.36. The van der Waals surface area contributed by atoms with Crippen molar-refractivity contribution in [3.8, 4) is 0 Å². The Labute approximate surface area is 113 Å². The van der Waals surface area contributed by atoms with Gasteiger partial charge in [-0.1, -0.05) is 13.8 Å². The van der Waals surface area contributed by atoms with Crippen molar-refractivity contribution in [2.45, 2.75) is 45.6 Å². The molecule has 0 unspecified atom stereocenters. The first-order valence-corrected chi connectivity index (χ1v) is 7.26. The van der Waals surface area contributed by atoms with Crippen LogP contribution in [0, 0.1) is 28.1 Å². The Kier molecular flexibility index (Phi) is 2.71. The molecule has 6 atom stereocenters. The van der Waals surface area contributed by atoms with Crippen molar-refractivity contribution >= 4 is 5.78 Å². The van der Waals surface area contributed by atoms with E-state index in [1.54, 1.807) is 0 Å². The smallest absolute Gasteiger partial charge is 0.150 e. The lowest BCUT2D eigenvalue weighted by atomic mass is 9.59. The average molecular weight is 268 g/mol. The van der Waals surface area contributed by atoms with E-state index in [9.17, 15) is 20.1 Å². The average Bonchev–Trinajstić information content (AvgIpc) is 2.77. The second-order valence-electron chi connectivity index (χ2n) is 7.73. The van der Waals surface area contributed by atoms with Crippen molar-refractivity contribution in [3.05, 3.63) is 0 Å². The predicted octanol–water partition coefficient (Wildman–Crippen LogP) is 0.734. The van der Waals surface area contributed by atoms with E-state index in [2.05, 4.69) is 6.92 Å². The van der Waals surface area contributed by atoms with Gasteiger partial charge in [-0.3, -0.25) is 4.79 Å². The first-order chi connectivity index (χ1) is 8.81. The van der Waals surface area contributed by atoms with Gasteiger partial charge in [0.1, 0.15) is 5.78 Å². The number of carbonyl (C=O) groups excluding carboxylic acids is 1. The van der Waals surface area contributed by atoms with E-state index in [-0.39, 0.29) is 30.3 Å². The third kappa shape index (κ3) is 1.48. The second kappa shape index (κ2) is 3.80. The molecule has 0 amide bonds. The summed E-state index contributed by atoms with van der Waals surface area (Å²) in [6.45, 7) is 3.88. The van der Waals surface area contributed by atoms with Crippen LogP contribution in [0.3, 0.4) is 0 Å². The Bertz CT molecular complexity index is 422. The van der Waals surface area contributed by atoms with Crippen molar-refractivity contribution in [3.63, 3.8) is 0 Å². The van der Waals surface area contributed by atoms with Crippen LogP contribution in [0.15, 0.2) is 0 Å². The highest BCUT2D eigenvalue weighted by Gasteiger charge is 2.69. The molecule has 0 aromatic rings. The number of rotatable bonds is 2. The fourth-order valence-corrected chi connectivity index (χ4v) is 5.28. The van der Waals surface area contributed by atoms with Gasteiger partial charge in [-0.2, -0.15) is 0 Å². The Morgan fingerprint density at radius 2 is 1.79 bits per heavy atom. The highest BCUT2D eigenvalue weighted by molar-refractivity contribution is 5.94. The minimum absolute atomic E-state index is 0.0541. The van der Waals surface area contributed by atoms with Gasteiger partial charge >= 0.3 is 0 Å². The molecule has 3 saturated carbocycles. The van der Waals surface area contributed by atoms with Gasteiger partial charge in [-0.15, -0.1) is 0 Å². The van der Waals surface area contributed by atoms with E-state index in [1.165, 1.54) is 0 Å². The molecule has 3 N–H and O–H groups in total. The Balaban J connectivity index is 2.03. The van der Waals surface area contributed by atoms with Crippen LogP contribution in [0.2, 0.25) is 0 Å². The number of Topliss-reactive ketones (excluding diaryl/α,β-unsaturated/α-hetero) is 1. The zero-order valence-corrected chi connectivity index (χ0v) is 11.7. The third-order valence-electron chi connectivity index (χ3n) is 6.36. The molecule has 108 valence electrons. The lowest BCUT2D eigenvalue weighted by Gasteiger charge is -2.43. The summed E-state index contributed by atoms with van der Waals surface area (Å²) in [6, 6.07) is 0. The summed E-state index contributed by atoms with van der Waals surface area (Å²) < 4.78 is 0. The van der Waals surface area contributed by atoms with Crippen molar-refractivity contribution in [2.75, 3.05) is 13.2 Å². The summed E-state index contributed by atoms with van der Waals surface area (Å²) in [4.78, 5) is 12.7. The van der Waals surface area contributed by atoms with Crippen molar-refractivity contribution in [1.29, 1.82) is 0 Å². The van der Waals surface area contributed by atoms with Gasteiger partial charge in [0.25, 0.3) is 0 Å². The molecule has 19 heavy (non-hydrogen) atoms. The molecule has 4 heteroatoms. The highest BCUT2D eigenvalue weighted by Crippen LogP contribution is 2.66. The Morgan fingerprint density at radius 1 is 1.11 bits per heavy atom.